The number of carbonyl (C=O) groups is 1. The van der Waals surface area contributed by atoms with Crippen molar-refractivity contribution in [2.75, 3.05) is 19.6 Å². The van der Waals surface area contributed by atoms with Crippen LogP contribution in [0.2, 0.25) is 0 Å². The summed E-state index contributed by atoms with van der Waals surface area (Å²) >= 11 is 0. The van der Waals surface area contributed by atoms with E-state index in [0.717, 1.165) is 25.2 Å². The fourth-order valence-electron chi connectivity index (χ4n) is 3.41. The molecular weight excluding hydrogens is 256 g/mol. The first-order valence-corrected chi connectivity index (χ1v) is 7.24. The minimum atomic E-state index is -0.364. The van der Waals surface area contributed by atoms with Crippen LogP contribution in [-0.2, 0) is 6.54 Å². The Morgan fingerprint density at radius 1 is 1.55 bits per heavy atom. The summed E-state index contributed by atoms with van der Waals surface area (Å²) in [6.07, 6.45) is 4.14. The van der Waals surface area contributed by atoms with Gasteiger partial charge in [0, 0.05) is 37.3 Å². The number of furan rings is 1. The molecule has 1 aromatic rings. The number of amides is 1. The van der Waals surface area contributed by atoms with Crippen molar-refractivity contribution in [3.05, 3.63) is 23.7 Å². The first-order chi connectivity index (χ1) is 9.69. The normalized spacial score (nSPS) is 27.5. The average molecular weight is 278 g/mol. The fraction of sp³-hybridized carbons (Fsp3) is 0.643. The van der Waals surface area contributed by atoms with E-state index < -0.39 is 0 Å². The summed E-state index contributed by atoms with van der Waals surface area (Å²) in [6, 6.07) is 3.02. The lowest BCUT2D eigenvalue weighted by molar-refractivity contribution is 0.0534. The summed E-state index contributed by atoms with van der Waals surface area (Å²) < 4.78 is 5.25. The number of nitrogens with one attached hydrogen (secondary N) is 1. The molecule has 110 valence electrons. The minimum absolute atomic E-state index is 0.327. The molecule has 2 saturated heterocycles. The molecular formula is C14H22N4O2. The summed E-state index contributed by atoms with van der Waals surface area (Å²) in [5.74, 6) is 5.15. The Bertz CT molecular complexity index is 487. The van der Waals surface area contributed by atoms with Crippen LogP contribution in [0.5, 0.6) is 0 Å². The highest BCUT2D eigenvalue weighted by Crippen LogP contribution is 2.26. The number of hydrazine groups is 1. The predicted octanol–water partition coefficient (Wildman–Crippen LogP) is 0.552. The van der Waals surface area contributed by atoms with E-state index in [4.69, 9.17) is 10.3 Å². The third kappa shape index (κ3) is 2.46. The van der Waals surface area contributed by atoms with E-state index in [2.05, 4.69) is 22.1 Å². The number of hydrogen-bond acceptors (Lipinski definition) is 5. The molecule has 2 fully saturated rings. The fourth-order valence-corrected chi connectivity index (χ4v) is 3.41. The predicted molar refractivity (Wildman–Crippen MR) is 74.8 cm³/mol. The Labute approximate surface area is 118 Å². The third-order valence-corrected chi connectivity index (χ3v) is 4.52. The van der Waals surface area contributed by atoms with Gasteiger partial charge in [0.2, 0.25) is 0 Å². The van der Waals surface area contributed by atoms with Crippen LogP contribution in [0.1, 0.15) is 35.9 Å². The van der Waals surface area contributed by atoms with Gasteiger partial charge in [0.1, 0.15) is 0 Å². The van der Waals surface area contributed by atoms with Crippen LogP contribution in [0.3, 0.4) is 0 Å². The molecule has 1 amide bonds. The topological polar surface area (TPSA) is 74.7 Å². The molecule has 2 unspecified atom stereocenters. The quantitative estimate of drug-likeness (QED) is 0.480. The van der Waals surface area contributed by atoms with Crippen molar-refractivity contribution in [1.29, 1.82) is 0 Å². The molecule has 0 aromatic carbocycles. The largest absolute Gasteiger partial charge is 0.459 e. The summed E-state index contributed by atoms with van der Waals surface area (Å²) in [5.41, 5.74) is 3.04. The molecule has 2 aliphatic rings. The van der Waals surface area contributed by atoms with Crippen LogP contribution in [0.25, 0.3) is 0 Å². The average Bonchev–Trinajstić information content (AvgIpc) is 3.07. The van der Waals surface area contributed by atoms with Gasteiger partial charge in [-0.1, -0.05) is 0 Å². The molecule has 0 saturated carbocycles. The number of piperazine rings is 1. The van der Waals surface area contributed by atoms with Gasteiger partial charge in [0.05, 0.1) is 6.26 Å². The number of fused-ring (bicyclic) bond motifs is 1. The highest BCUT2D eigenvalue weighted by molar-refractivity contribution is 5.92. The number of hydrogen-bond donors (Lipinski definition) is 2. The van der Waals surface area contributed by atoms with Crippen molar-refractivity contribution in [3.63, 3.8) is 0 Å². The molecule has 0 spiro atoms. The molecule has 1 aromatic heterocycles. The first kappa shape index (κ1) is 13.6. The number of nitrogen functional groups attached to an aromatic ring is 1. The molecule has 0 bridgehead atoms. The third-order valence-electron chi connectivity index (χ3n) is 4.52. The zero-order valence-electron chi connectivity index (χ0n) is 11.8. The zero-order valence-corrected chi connectivity index (χ0v) is 11.8. The second-order valence-corrected chi connectivity index (χ2v) is 5.82. The maximum Gasteiger partial charge on any atom is 0.301 e. The maximum absolute atomic E-state index is 11.6. The molecule has 3 N–H and O–H groups in total. The number of nitrogens with two attached hydrogens (primary N) is 1. The van der Waals surface area contributed by atoms with Crippen LogP contribution < -0.4 is 11.3 Å². The number of rotatable bonds is 3. The standard InChI is InChI=1S/C14H22N4O2/c1-10-7-17-5-2-3-12(17)9-18(10)8-11-4-6-20-13(11)14(19)16-15/h4,6,10,12H,2-3,5,7-9,15H2,1H3,(H,16,19). The van der Waals surface area contributed by atoms with Gasteiger partial charge in [-0.3, -0.25) is 20.0 Å². The van der Waals surface area contributed by atoms with Crippen LogP contribution in [0, 0.1) is 0 Å². The van der Waals surface area contributed by atoms with Gasteiger partial charge in [-0.05, 0) is 32.4 Å². The van der Waals surface area contributed by atoms with E-state index >= 15 is 0 Å². The van der Waals surface area contributed by atoms with Gasteiger partial charge < -0.3 is 4.42 Å². The van der Waals surface area contributed by atoms with E-state index in [1.165, 1.54) is 19.4 Å². The molecule has 3 rings (SSSR count). The van der Waals surface area contributed by atoms with Crippen LogP contribution in [0.15, 0.2) is 16.7 Å². The van der Waals surface area contributed by atoms with Crippen LogP contribution in [-0.4, -0.2) is 47.4 Å². The maximum atomic E-state index is 11.6. The Morgan fingerprint density at radius 2 is 2.40 bits per heavy atom. The Kier molecular flexibility index (Phi) is 3.78. The number of carbonyl (C=O) groups excluding carboxylic acids is 1. The summed E-state index contributed by atoms with van der Waals surface area (Å²) in [6.45, 7) is 6.40. The second kappa shape index (κ2) is 5.55. The molecule has 0 aliphatic carbocycles. The zero-order chi connectivity index (χ0) is 14.1. The lowest BCUT2D eigenvalue weighted by atomic mass is 10.1. The molecule has 6 nitrogen and oxygen atoms in total. The van der Waals surface area contributed by atoms with Gasteiger partial charge in [0.15, 0.2) is 5.76 Å². The van der Waals surface area contributed by atoms with E-state index in [9.17, 15) is 4.79 Å². The SMILES string of the molecule is CC1CN2CCCC2CN1Cc1ccoc1C(=O)NN. The van der Waals surface area contributed by atoms with Crippen LogP contribution in [0.4, 0.5) is 0 Å². The summed E-state index contributed by atoms with van der Waals surface area (Å²) in [4.78, 5) is 16.7. The highest BCUT2D eigenvalue weighted by atomic mass is 16.3. The van der Waals surface area contributed by atoms with Crippen molar-refractivity contribution >= 4 is 5.91 Å². The minimum Gasteiger partial charge on any atom is -0.459 e. The Morgan fingerprint density at radius 3 is 3.20 bits per heavy atom. The smallest absolute Gasteiger partial charge is 0.301 e. The summed E-state index contributed by atoms with van der Waals surface area (Å²) in [5, 5.41) is 0. The molecule has 20 heavy (non-hydrogen) atoms. The molecule has 6 heteroatoms. The monoisotopic (exact) mass is 278 g/mol. The summed E-state index contributed by atoms with van der Waals surface area (Å²) in [7, 11) is 0. The first-order valence-electron chi connectivity index (χ1n) is 7.24. The number of nitrogens with zero attached hydrogens (tertiary/aromatic N) is 2. The van der Waals surface area contributed by atoms with E-state index in [1.54, 1.807) is 6.26 Å². The van der Waals surface area contributed by atoms with Crippen molar-refractivity contribution in [2.45, 2.75) is 38.4 Å². The van der Waals surface area contributed by atoms with Crippen molar-refractivity contribution in [1.82, 2.24) is 15.2 Å². The van der Waals surface area contributed by atoms with Crippen molar-refractivity contribution in [3.8, 4) is 0 Å². The van der Waals surface area contributed by atoms with Crippen LogP contribution >= 0.6 is 0 Å². The van der Waals surface area contributed by atoms with Gasteiger partial charge in [-0.2, -0.15) is 0 Å². The molecule has 2 atom stereocenters. The van der Waals surface area contributed by atoms with Gasteiger partial charge in [-0.15, -0.1) is 0 Å². The lowest BCUT2D eigenvalue weighted by Gasteiger charge is -2.42. The van der Waals surface area contributed by atoms with E-state index in [1.807, 2.05) is 6.07 Å². The van der Waals surface area contributed by atoms with Crippen molar-refractivity contribution < 1.29 is 9.21 Å². The van der Waals surface area contributed by atoms with Crippen molar-refractivity contribution in [2.24, 2.45) is 5.84 Å². The van der Waals surface area contributed by atoms with Gasteiger partial charge in [-0.25, -0.2) is 5.84 Å². The highest BCUT2D eigenvalue weighted by Gasteiger charge is 2.34. The molecule has 0 radical (unpaired) electrons. The molecule has 2 aliphatic heterocycles. The molecule has 3 heterocycles. The van der Waals surface area contributed by atoms with Gasteiger partial charge in [0.25, 0.3) is 0 Å². The van der Waals surface area contributed by atoms with Gasteiger partial charge >= 0.3 is 5.91 Å². The van der Waals surface area contributed by atoms with E-state index in [0.29, 0.717) is 17.8 Å². The van der Waals surface area contributed by atoms with E-state index in [-0.39, 0.29) is 5.91 Å². The Hall–Kier alpha value is -1.37. The Balaban J connectivity index is 1.71. The lowest BCUT2D eigenvalue weighted by Crippen LogP contribution is -2.54. The second-order valence-electron chi connectivity index (χ2n) is 5.82.